The predicted molar refractivity (Wildman–Crippen MR) is 108 cm³/mol. The average molecular weight is 363 g/mol. The minimum absolute atomic E-state index is 0.126. The molecule has 0 atom stereocenters. The normalized spacial score (nSPS) is 12.6. The van der Waals surface area contributed by atoms with Crippen molar-refractivity contribution in [2.45, 2.75) is 38.5 Å². The molecule has 4 nitrogen and oxygen atoms in total. The molecule has 0 unspecified atom stereocenters. The molecule has 0 fully saturated rings. The molecule has 27 heavy (non-hydrogen) atoms. The van der Waals surface area contributed by atoms with E-state index in [1.807, 2.05) is 30.3 Å². The van der Waals surface area contributed by atoms with Crippen LogP contribution in [-0.2, 0) is 19.9 Å². The van der Waals surface area contributed by atoms with Gasteiger partial charge in [0.1, 0.15) is 0 Å². The minimum Gasteiger partial charge on any atom is -0.454 e. The second-order valence-corrected chi connectivity index (χ2v) is 7.18. The van der Waals surface area contributed by atoms with Crippen LogP contribution in [-0.4, -0.2) is 11.4 Å². The van der Waals surface area contributed by atoms with Gasteiger partial charge in [0, 0.05) is 24.2 Å². The van der Waals surface area contributed by atoms with Crippen LogP contribution in [0.1, 0.15) is 36.9 Å². The molecular formula is C23H25NO3. The summed E-state index contributed by atoms with van der Waals surface area (Å²) in [6.45, 7) is 0.329. The Morgan fingerprint density at radius 2 is 1.67 bits per heavy atom. The van der Waals surface area contributed by atoms with Crippen LogP contribution in [0.5, 0.6) is 11.5 Å². The lowest BCUT2D eigenvalue weighted by atomic mass is 10.0. The minimum atomic E-state index is 0.126. The quantitative estimate of drug-likeness (QED) is 0.576. The van der Waals surface area contributed by atoms with Crippen molar-refractivity contribution in [3.8, 4) is 11.5 Å². The third-order valence-electron chi connectivity index (χ3n) is 5.34. The van der Waals surface area contributed by atoms with Crippen molar-refractivity contribution in [2.75, 3.05) is 6.79 Å². The summed E-state index contributed by atoms with van der Waals surface area (Å²) in [5.41, 5.74) is 3.56. The van der Waals surface area contributed by atoms with Crippen LogP contribution in [0.2, 0.25) is 0 Å². The molecule has 0 bridgehead atoms. The van der Waals surface area contributed by atoms with Gasteiger partial charge in [0.15, 0.2) is 16.9 Å². The third-order valence-corrected chi connectivity index (χ3v) is 5.34. The smallest absolute Gasteiger partial charge is 0.231 e. The molecule has 1 aromatic heterocycles. The first-order valence-electron chi connectivity index (χ1n) is 9.68. The predicted octanol–water partition coefficient (Wildman–Crippen LogP) is 4.61. The lowest BCUT2D eigenvalue weighted by Gasteiger charge is -2.12. The van der Waals surface area contributed by atoms with E-state index in [0.717, 1.165) is 53.8 Å². The van der Waals surface area contributed by atoms with Gasteiger partial charge in [0.2, 0.25) is 6.79 Å². The second kappa shape index (κ2) is 7.87. The maximum Gasteiger partial charge on any atom is 0.231 e. The molecule has 1 aliphatic rings. The molecule has 2 aromatic carbocycles. The number of hydrogen-bond acceptors (Lipinski definition) is 3. The fourth-order valence-corrected chi connectivity index (χ4v) is 3.78. The Kier molecular flexibility index (Phi) is 5.14. The maximum absolute atomic E-state index is 12.3. The van der Waals surface area contributed by atoms with Gasteiger partial charge < -0.3 is 14.0 Å². The van der Waals surface area contributed by atoms with Gasteiger partial charge in [-0.05, 0) is 55.5 Å². The van der Waals surface area contributed by atoms with Gasteiger partial charge in [-0.15, -0.1) is 0 Å². The summed E-state index contributed by atoms with van der Waals surface area (Å²) in [5.74, 6) is 1.71. The first-order chi connectivity index (χ1) is 13.2. The highest BCUT2D eigenvalue weighted by molar-refractivity contribution is 5.79. The van der Waals surface area contributed by atoms with Crippen LogP contribution in [0.4, 0.5) is 0 Å². The fraction of sp³-hybridized carbons (Fsp3) is 0.348. The third kappa shape index (κ3) is 3.85. The standard InChI is InChI=1S/C23H25NO3/c1-24-18(15-21(25)19-10-6-7-11-20(19)24)9-5-3-2-4-8-17-12-13-22-23(14-17)27-16-26-22/h6-7,10-15H,2-5,8-9,16H2,1H3. The molecule has 0 saturated heterocycles. The molecular weight excluding hydrogens is 338 g/mol. The number of unbranched alkanes of at least 4 members (excludes halogenated alkanes) is 3. The zero-order valence-corrected chi connectivity index (χ0v) is 15.7. The van der Waals surface area contributed by atoms with Crippen molar-refractivity contribution in [1.82, 2.24) is 4.57 Å². The van der Waals surface area contributed by atoms with E-state index in [4.69, 9.17) is 9.47 Å². The number of pyridine rings is 1. The van der Waals surface area contributed by atoms with Crippen molar-refractivity contribution in [2.24, 2.45) is 7.05 Å². The zero-order valence-electron chi connectivity index (χ0n) is 15.7. The molecule has 0 N–H and O–H groups in total. The molecule has 0 spiro atoms. The molecule has 1 aliphatic heterocycles. The molecule has 0 radical (unpaired) electrons. The number of para-hydroxylation sites is 1. The summed E-state index contributed by atoms with van der Waals surface area (Å²) in [6.07, 6.45) is 6.64. The Bertz CT molecular complexity index is 1010. The van der Waals surface area contributed by atoms with Crippen LogP contribution in [0, 0.1) is 0 Å². The fourth-order valence-electron chi connectivity index (χ4n) is 3.78. The van der Waals surface area contributed by atoms with Gasteiger partial charge in [0.05, 0.1) is 5.52 Å². The van der Waals surface area contributed by atoms with E-state index in [0.29, 0.717) is 6.79 Å². The van der Waals surface area contributed by atoms with Crippen LogP contribution < -0.4 is 14.9 Å². The van der Waals surface area contributed by atoms with Crippen LogP contribution in [0.15, 0.2) is 53.3 Å². The van der Waals surface area contributed by atoms with Gasteiger partial charge in [-0.2, -0.15) is 0 Å². The highest BCUT2D eigenvalue weighted by Crippen LogP contribution is 2.32. The highest BCUT2D eigenvalue weighted by atomic mass is 16.7. The molecule has 3 aromatic rings. The van der Waals surface area contributed by atoms with E-state index in [2.05, 4.69) is 23.7 Å². The first-order valence-corrected chi connectivity index (χ1v) is 9.68. The molecule has 4 heteroatoms. The molecule has 0 aliphatic carbocycles. The van der Waals surface area contributed by atoms with Crippen molar-refractivity contribution in [3.63, 3.8) is 0 Å². The van der Waals surface area contributed by atoms with Crippen molar-refractivity contribution in [3.05, 3.63) is 70.0 Å². The summed E-state index contributed by atoms with van der Waals surface area (Å²) < 4.78 is 12.9. The summed E-state index contributed by atoms with van der Waals surface area (Å²) in [6, 6.07) is 15.8. The Morgan fingerprint density at radius 3 is 2.56 bits per heavy atom. The number of aromatic nitrogens is 1. The lowest BCUT2D eigenvalue weighted by molar-refractivity contribution is 0.174. The second-order valence-electron chi connectivity index (χ2n) is 7.18. The van der Waals surface area contributed by atoms with Crippen LogP contribution in [0.25, 0.3) is 10.9 Å². The summed E-state index contributed by atoms with van der Waals surface area (Å²) >= 11 is 0. The van der Waals surface area contributed by atoms with Crippen molar-refractivity contribution in [1.29, 1.82) is 0 Å². The summed E-state index contributed by atoms with van der Waals surface area (Å²) in [7, 11) is 2.05. The van der Waals surface area contributed by atoms with E-state index in [1.54, 1.807) is 6.07 Å². The first kappa shape index (κ1) is 17.7. The molecule has 4 rings (SSSR count). The van der Waals surface area contributed by atoms with Gasteiger partial charge in [-0.1, -0.05) is 31.0 Å². The van der Waals surface area contributed by atoms with Crippen molar-refractivity contribution < 1.29 is 9.47 Å². The Labute approximate surface area is 159 Å². The Morgan fingerprint density at radius 1 is 0.889 bits per heavy atom. The van der Waals surface area contributed by atoms with Crippen LogP contribution in [0.3, 0.4) is 0 Å². The zero-order chi connectivity index (χ0) is 18.6. The van der Waals surface area contributed by atoms with E-state index >= 15 is 0 Å². The van der Waals surface area contributed by atoms with Crippen LogP contribution >= 0.6 is 0 Å². The summed E-state index contributed by atoms with van der Waals surface area (Å²) in [4.78, 5) is 12.3. The van der Waals surface area contributed by atoms with E-state index in [9.17, 15) is 4.79 Å². The van der Waals surface area contributed by atoms with E-state index in [1.165, 1.54) is 18.4 Å². The number of benzene rings is 2. The van der Waals surface area contributed by atoms with E-state index in [-0.39, 0.29) is 5.43 Å². The number of aryl methyl sites for hydroxylation is 3. The number of hydrogen-bond donors (Lipinski definition) is 0. The SMILES string of the molecule is Cn1c(CCCCCCc2ccc3c(c2)OCO3)cc(=O)c2ccccc21. The van der Waals surface area contributed by atoms with Gasteiger partial charge in [-0.3, -0.25) is 4.79 Å². The molecule has 2 heterocycles. The largest absolute Gasteiger partial charge is 0.454 e. The monoisotopic (exact) mass is 363 g/mol. The van der Waals surface area contributed by atoms with Gasteiger partial charge in [-0.25, -0.2) is 0 Å². The highest BCUT2D eigenvalue weighted by Gasteiger charge is 2.12. The van der Waals surface area contributed by atoms with Crippen molar-refractivity contribution >= 4 is 10.9 Å². The molecule has 0 amide bonds. The maximum atomic E-state index is 12.3. The Hall–Kier alpha value is -2.75. The van der Waals surface area contributed by atoms with Gasteiger partial charge in [0.25, 0.3) is 0 Å². The number of ether oxygens (including phenoxy) is 2. The Balaban J connectivity index is 1.26. The molecule has 140 valence electrons. The lowest BCUT2D eigenvalue weighted by Crippen LogP contribution is -2.11. The number of rotatable bonds is 7. The number of fused-ring (bicyclic) bond motifs is 2. The molecule has 0 saturated carbocycles. The topological polar surface area (TPSA) is 40.5 Å². The van der Waals surface area contributed by atoms with E-state index < -0.39 is 0 Å². The average Bonchev–Trinajstić information content (AvgIpc) is 3.16. The van der Waals surface area contributed by atoms with Gasteiger partial charge >= 0.3 is 0 Å². The number of nitrogens with zero attached hydrogens (tertiary/aromatic N) is 1. The summed E-state index contributed by atoms with van der Waals surface area (Å²) in [5, 5.41) is 0.799.